The largest absolute Gasteiger partial charge is 0.367 e. The number of amides is 1. The Bertz CT molecular complexity index is 404. The third-order valence-corrected chi connectivity index (χ3v) is 3.38. The number of carbonyl (C=O) groups excluding carboxylic acids is 1. The molecule has 0 aliphatic heterocycles. The molecule has 0 heterocycles. The van der Waals surface area contributed by atoms with Crippen LogP contribution in [0.25, 0.3) is 0 Å². The standard InChI is InChI=1S/C16H26N2O2/c1-16(2,10-7-11-17)12-18-15(19)14(20-3)13-8-5-4-6-9-13/h4-6,8-9,14H,7,10-12,17H2,1-3H3,(H,18,19). The fourth-order valence-electron chi connectivity index (χ4n) is 2.11. The van der Waals surface area contributed by atoms with Crippen molar-refractivity contribution in [3.8, 4) is 0 Å². The summed E-state index contributed by atoms with van der Waals surface area (Å²) in [5, 5.41) is 2.98. The van der Waals surface area contributed by atoms with Crippen molar-refractivity contribution in [1.82, 2.24) is 5.32 Å². The molecule has 0 spiro atoms. The molecule has 1 unspecified atom stereocenters. The van der Waals surface area contributed by atoms with E-state index in [-0.39, 0.29) is 11.3 Å². The van der Waals surface area contributed by atoms with E-state index in [2.05, 4.69) is 19.2 Å². The van der Waals surface area contributed by atoms with Crippen LogP contribution >= 0.6 is 0 Å². The van der Waals surface area contributed by atoms with Crippen molar-refractivity contribution >= 4 is 5.91 Å². The number of methoxy groups -OCH3 is 1. The molecular formula is C16H26N2O2. The van der Waals surface area contributed by atoms with Crippen molar-refractivity contribution in [1.29, 1.82) is 0 Å². The lowest BCUT2D eigenvalue weighted by Crippen LogP contribution is -2.37. The Morgan fingerprint density at radius 3 is 2.55 bits per heavy atom. The van der Waals surface area contributed by atoms with Crippen LogP contribution in [0.2, 0.25) is 0 Å². The summed E-state index contributed by atoms with van der Waals surface area (Å²) in [6.45, 7) is 5.57. The molecule has 1 aromatic rings. The summed E-state index contributed by atoms with van der Waals surface area (Å²) in [4.78, 5) is 12.2. The maximum atomic E-state index is 12.2. The van der Waals surface area contributed by atoms with Gasteiger partial charge in [0.15, 0.2) is 6.10 Å². The molecule has 112 valence electrons. The van der Waals surface area contributed by atoms with Crippen LogP contribution in [0.3, 0.4) is 0 Å². The van der Waals surface area contributed by atoms with Gasteiger partial charge in [-0.3, -0.25) is 4.79 Å². The zero-order chi connectivity index (χ0) is 15.0. The number of benzene rings is 1. The van der Waals surface area contributed by atoms with Crippen LogP contribution in [-0.4, -0.2) is 26.1 Å². The molecule has 20 heavy (non-hydrogen) atoms. The fraction of sp³-hybridized carbons (Fsp3) is 0.562. The summed E-state index contributed by atoms with van der Waals surface area (Å²) in [7, 11) is 1.55. The highest BCUT2D eigenvalue weighted by Gasteiger charge is 2.23. The summed E-state index contributed by atoms with van der Waals surface area (Å²) >= 11 is 0. The second kappa shape index (κ2) is 8.02. The van der Waals surface area contributed by atoms with Crippen molar-refractivity contribution in [2.24, 2.45) is 11.1 Å². The van der Waals surface area contributed by atoms with Crippen molar-refractivity contribution in [3.63, 3.8) is 0 Å². The van der Waals surface area contributed by atoms with Crippen molar-refractivity contribution in [2.75, 3.05) is 20.2 Å². The van der Waals surface area contributed by atoms with Crippen LogP contribution in [0.1, 0.15) is 38.4 Å². The number of nitrogens with two attached hydrogens (primary N) is 1. The van der Waals surface area contributed by atoms with Gasteiger partial charge in [-0.25, -0.2) is 0 Å². The molecule has 1 aromatic carbocycles. The Hall–Kier alpha value is -1.39. The first-order valence-electron chi connectivity index (χ1n) is 7.06. The van der Waals surface area contributed by atoms with Gasteiger partial charge in [0.05, 0.1) is 0 Å². The lowest BCUT2D eigenvalue weighted by molar-refractivity contribution is -0.131. The smallest absolute Gasteiger partial charge is 0.253 e. The van der Waals surface area contributed by atoms with Crippen molar-refractivity contribution in [3.05, 3.63) is 35.9 Å². The highest BCUT2D eigenvalue weighted by molar-refractivity contribution is 5.82. The van der Waals surface area contributed by atoms with Gasteiger partial charge < -0.3 is 15.8 Å². The molecule has 1 amide bonds. The summed E-state index contributed by atoms with van der Waals surface area (Å²) in [6.07, 6.45) is 1.41. The number of rotatable bonds is 8. The number of hydrogen-bond donors (Lipinski definition) is 2. The quantitative estimate of drug-likeness (QED) is 0.766. The Morgan fingerprint density at radius 1 is 1.35 bits per heavy atom. The third kappa shape index (κ3) is 5.31. The summed E-state index contributed by atoms with van der Waals surface area (Å²) in [5.41, 5.74) is 6.44. The lowest BCUT2D eigenvalue weighted by Gasteiger charge is -2.26. The minimum absolute atomic E-state index is 0.0456. The zero-order valence-electron chi connectivity index (χ0n) is 12.7. The molecule has 4 heteroatoms. The highest BCUT2D eigenvalue weighted by atomic mass is 16.5. The van der Waals surface area contributed by atoms with Crippen LogP contribution in [0.4, 0.5) is 0 Å². The van der Waals surface area contributed by atoms with Crippen molar-refractivity contribution in [2.45, 2.75) is 32.8 Å². The highest BCUT2D eigenvalue weighted by Crippen LogP contribution is 2.22. The number of carbonyl (C=O) groups is 1. The molecule has 0 radical (unpaired) electrons. The Morgan fingerprint density at radius 2 is 2.00 bits per heavy atom. The predicted molar refractivity (Wildman–Crippen MR) is 81.3 cm³/mol. The molecule has 0 saturated carbocycles. The minimum Gasteiger partial charge on any atom is -0.367 e. The maximum Gasteiger partial charge on any atom is 0.253 e. The van der Waals surface area contributed by atoms with E-state index in [1.54, 1.807) is 7.11 Å². The molecule has 0 aliphatic carbocycles. The average molecular weight is 278 g/mol. The number of hydrogen-bond acceptors (Lipinski definition) is 3. The monoisotopic (exact) mass is 278 g/mol. The van der Waals surface area contributed by atoms with Gasteiger partial charge in [0.2, 0.25) is 0 Å². The molecule has 0 saturated heterocycles. The van der Waals surface area contributed by atoms with Gasteiger partial charge in [0, 0.05) is 13.7 Å². The second-order valence-electron chi connectivity index (χ2n) is 5.80. The minimum atomic E-state index is -0.554. The zero-order valence-corrected chi connectivity index (χ0v) is 12.7. The Labute approximate surface area is 121 Å². The summed E-state index contributed by atoms with van der Waals surface area (Å²) in [6, 6.07) is 9.52. The number of ether oxygens (including phenoxy) is 1. The van der Waals surface area contributed by atoms with Crippen LogP contribution in [0.15, 0.2) is 30.3 Å². The van der Waals surface area contributed by atoms with E-state index < -0.39 is 6.10 Å². The van der Waals surface area contributed by atoms with Gasteiger partial charge in [-0.1, -0.05) is 44.2 Å². The molecule has 0 fully saturated rings. The molecule has 0 bridgehead atoms. The summed E-state index contributed by atoms with van der Waals surface area (Å²) < 4.78 is 5.31. The third-order valence-electron chi connectivity index (χ3n) is 3.38. The van der Waals surface area contributed by atoms with E-state index in [0.717, 1.165) is 18.4 Å². The molecular weight excluding hydrogens is 252 g/mol. The van der Waals surface area contributed by atoms with Gasteiger partial charge in [-0.15, -0.1) is 0 Å². The topological polar surface area (TPSA) is 64.3 Å². The van der Waals surface area contributed by atoms with E-state index >= 15 is 0 Å². The van der Waals surface area contributed by atoms with Gasteiger partial charge in [-0.2, -0.15) is 0 Å². The summed E-state index contributed by atoms with van der Waals surface area (Å²) in [5.74, 6) is -0.0977. The molecule has 4 nitrogen and oxygen atoms in total. The van der Waals surface area contributed by atoms with Crippen LogP contribution < -0.4 is 11.1 Å². The number of nitrogens with one attached hydrogen (secondary N) is 1. The van der Waals surface area contributed by atoms with Crippen LogP contribution in [0, 0.1) is 5.41 Å². The average Bonchev–Trinajstić information content (AvgIpc) is 2.45. The van der Waals surface area contributed by atoms with E-state index in [1.165, 1.54) is 0 Å². The molecule has 1 atom stereocenters. The van der Waals surface area contributed by atoms with E-state index in [0.29, 0.717) is 13.1 Å². The second-order valence-corrected chi connectivity index (χ2v) is 5.80. The Balaban J connectivity index is 2.56. The van der Waals surface area contributed by atoms with E-state index in [1.807, 2.05) is 30.3 Å². The normalized spacial score (nSPS) is 13.0. The molecule has 0 aliphatic rings. The predicted octanol–water partition coefficient (Wildman–Crippen LogP) is 2.26. The van der Waals surface area contributed by atoms with Crippen molar-refractivity contribution < 1.29 is 9.53 Å². The first-order valence-corrected chi connectivity index (χ1v) is 7.06. The first kappa shape index (κ1) is 16.7. The Kier molecular flexibility index (Phi) is 6.68. The molecule has 3 N–H and O–H groups in total. The van der Waals surface area contributed by atoms with E-state index in [9.17, 15) is 4.79 Å². The SMILES string of the molecule is COC(C(=O)NCC(C)(C)CCCN)c1ccccc1. The van der Waals surface area contributed by atoms with Crippen LogP contribution in [-0.2, 0) is 9.53 Å². The van der Waals surface area contributed by atoms with Gasteiger partial charge in [0.1, 0.15) is 0 Å². The van der Waals surface area contributed by atoms with Crippen LogP contribution in [0.5, 0.6) is 0 Å². The van der Waals surface area contributed by atoms with Gasteiger partial charge in [0.25, 0.3) is 5.91 Å². The van der Waals surface area contributed by atoms with Gasteiger partial charge >= 0.3 is 0 Å². The molecule has 1 rings (SSSR count). The molecule has 0 aromatic heterocycles. The maximum absolute atomic E-state index is 12.2. The first-order chi connectivity index (χ1) is 9.50. The van der Waals surface area contributed by atoms with Gasteiger partial charge in [-0.05, 0) is 30.4 Å². The fourth-order valence-corrected chi connectivity index (χ4v) is 2.11. The lowest BCUT2D eigenvalue weighted by atomic mass is 9.87. The van der Waals surface area contributed by atoms with E-state index in [4.69, 9.17) is 10.5 Å².